The van der Waals surface area contributed by atoms with Crippen LogP contribution in [0.25, 0.3) is 0 Å². The van der Waals surface area contributed by atoms with E-state index in [0.717, 1.165) is 6.54 Å². The van der Waals surface area contributed by atoms with Crippen molar-refractivity contribution < 1.29 is 0 Å². The van der Waals surface area contributed by atoms with E-state index in [2.05, 4.69) is 50.4 Å². The molecular weight excluding hydrogens is 182 g/mol. The van der Waals surface area contributed by atoms with Gasteiger partial charge in [-0.25, -0.2) is 0 Å². The monoisotopic (exact) mass is 199 g/mol. The number of nitrogens with one attached hydrogen (secondary N) is 1. The molecule has 0 aromatic heterocycles. The maximum absolute atomic E-state index is 3.44. The van der Waals surface area contributed by atoms with E-state index in [1.54, 1.807) is 0 Å². The van der Waals surface area contributed by atoms with E-state index in [9.17, 15) is 0 Å². The van der Waals surface area contributed by atoms with Crippen LogP contribution in [0.3, 0.4) is 0 Å². The van der Waals surface area contributed by atoms with E-state index >= 15 is 0 Å². The Kier molecular flexibility index (Phi) is 5.04. The van der Waals surface area contributed by atoms with Crippen LogP contribution in [0.15, 0.2) is 30.3 Å². The molecule has 13 heavy (non-hydrogen) atoms. The Morgan fingerprint density at radius 2 is 1.69 bits per heavy atom. The molecule has 0 saturated carbocycles. The van der Waals surface area contributed by atoms with Gasteiger partial charge in [0.2, 0.25) is 0 Å². The molecule has 0 atom stereocenters. The van der Waals surface area contributed by atoms with Gasteiger partial charge in [0.05, 0.1) is 0 Å². The van der Waals surface area contributed by atoms with Gasteiger partial charge in [0, 0.05) is 5.54 Å². The Balaban J connectivity index is 0.00000144. The smallest absolute Gasteiger partial charge is 0.0377 e. The van der Waals surface area contributed by atoms with Crippen molar-refractivity contribution in [3.63, 3.8) is 0 Å². The molecule has 1 aromatic rings. The molecule has 0 aliphatic heterocycles. The van der Waals surface area contributed by atoms with Crippen molar-refractivity contribution in [2.24, 2.45) is 0 Å². The molecule has 1 nitrogen and oxygen atoms in total. The van der Waals surface area contributed by atoms with E-state index in [-0.39, 0.29) is 17.9 Å². The van der Waals surface area contributed by atoms with Gasteiger partial charge in [-0.3, -0.25) is 0 Å². The molecule has 2 heteroatoms. The van der Waals surface area contributed by atoms with Crippen LogP contribution in [0.2, 0.25) is 0 Å². The van der Waals surface area contributed by atoms with Crippen molar-refractivity contribution in [3.8, 4) is 0 Å². The molecule has 0 fully saturated rings. The summed E-state index contributed by atoms with van der Waals surface area (Å²) in [7, 11) is 0. The predicted molar refractivity (Wildman–Crippen MR) is 60.4 cm³/mol. The van der Waals surface area contributed by atoms with Gasteiger partial charge in [0.15, 0.2) is 0 Å². The Morgan fingerprint density at radius 3 is 2.15 bits per heavy atom. The van der Waals surface area contributed by atoms with E-state index in [0.29, 0.717) is 0 Å². The van der Waals surface area contributed by atoms with Gasteiger partial charge in [0.25, 0.3) is 0 Å². The lowest BCUT2D eigenvalue weighted by molar-refractivity contribution is 0.416. The van der Waals surface area contributed by atoms with Gasteiger partial charge >= 0.3 is 0 Å². The highest BCUT2D eigenvalue weighted by Crippen LogP contribution is 2.18. The normalized spacial score (nSPS) is 10.7. The molecule has 0 unspecified atom stereocenters. The highest BCUT2D eigenvalue weighted by atomic mass is 35.5. The van der Waals surface area contributed by atoms with Gasteiger partial charge in [0.1, 0.15) is 0 Å². The lowest BCUT2D eigenvalue weighted by Crippen LogP contribution is -2.36. The van der Waals surface area contributed by atoms with Gasteiger partial charge in [-0.1, -0.05) is 37.3 Å². The quantitative estimate of drug-likeness (QED) is 0.790. The molecule has 0 aliphatic carbocycles. The van der Waals surface area contributed by atoms with E-state index < -0.39 is 0 Å². The molecule has 0 spiro atoms. The van der Waals surface area contributed by atoms with Gasteiger partial charge in [-0.05, 0) is 26.0 Å². The summed E-state index contributed by atoms with van der Waals surface area (Å²) < 4.78 is 0. The predicted octanol–water partition coefficient (Wildman–Crippen LogP) is 2.95. The standard InChI is InChI=1S/C11H17N.ClH/c1-4-12-11(2,3)10-8-6-5-7-9-10;/h5-9,12H,4H2,1-3H3;1H. The molecule has 0 bridgehead atoms. The maximum Gasteiger partial charge on any atom is 0.0377 e. The molecule has 1 rings (SSSR count). The van der Waals surface area contributed by atoms with Crippen LogP contribution in [0.5, 0.6) is 0 Å². The molecule has 0 aliphatic rings. The van der Waals surface area contributed by atoms with Crippen LogP contribution in [0, 0.1) is 0 Å². The van der Waals surface area contributed by atoms with E-state index in [4.69, 9.17) is 0 Å². The fourth-order valence-corrected chi connectivity index (χ4v) is 1.40. The van der Waals surface area contributed by atoms with Crippen LogP contribution >= 0.6 is 12.4 Å². The minimum absolute atomic E-state index is 0. The second-order valence-corrected chi connectivity index (χ2v) is 3.52. The molecule has 0 saturated heterocycles. The van der Waals surface area contributed by atoms with Gasteiger partial charge in [-0.2, -0.15) is 0 Å². The largest absolute Gasteiger partial charge is 0.308 e. The zero-order valence-corrected chi connectivity index (χ0v) is 9.32. The first-order valence-corrected chi connectivity index (χ1v) is 4.47. The third kappa shape index (κ3) is 3.37. The third-order valence-corrected chi connectivity index (χ3v) is 2.11. The first-order valence-electron chi connectivity index (χ1n) is 4.47. The zero-order valence-electron chi connectivity index (χ0n) is 8.50. The van der Waals surface area contributed by atoms with Crippen LogP contribution in [0.4, 0.5) is 0 Å². The van der Waals surface area contributed by atoms with Crippen molar-refractivity contribution in [1.82, 2.24) is 5.32 Å². The number of rotatable bonds is 3. The number of hydrogen-bond donors (Lipinski definition) is 1. The fourth-order valence-electron chi connectivity index (χ4n) is 1.40. The minimum Gasteiger partial charge on any atom is -0.308 e. The topological polar surface area (TPSA) is 12.0 Å². The molecule has 74 valence electrons. The Hall–Kier alpha value is -0.530. The maximum atomic E-state index is 3.44. The first kappa shape index (κ1) is 12.5. The summed E-state index contributed by atoms with van der Waals surface area (Å²) in [6.45, 7) is 7.53. The highest BCUT2D eigenvalue weighted by Gasteiger charge is 2.17. The molecule has 0 radical (unpaired) electrons. The van der Waals surface area contributed by atoms with Gasteiger partial charge in [-0.15, -0.1) is 12.4 Å². The van der Waals surface area contributed by atoms with Crippen LogP contribution < -0.4 is 5.32 Å². The van der Waals surface area contributed by atoms with Gasteiger partial charge < -0.3 is 5.32 Å². The summed E-state index contributed by atoms with van der Waals surface area (Å²) in [6.07, 6.45) is 0. The summed E-state index contributed by atoms with van der Waals surface area (Å²) in [5.41, 5.74) is 1.43. The SMILES string of the molecule is CCNC(C)(C)c1ccccc1.Cl. The zero-order chi connectivity index (χ0) is 9.03. The number of halogens is 1. The van der Waals surface area contributed by atoms with Crippen molar-refractivity contribution in [2.45, 2.75) is 26.3 Å². The lowest BCUT2D eigenvalue weighted by Gasteiger charge is -2.26. The Morgan fingerprint density at radius 1 is 1.15 bits per heavy atom. The number of hydrogen-bond acceptors (Lipinski definition) is 1. The van der Waals surface area contributed by atoms with Crippen LogP contribution in [0.1, 0.15) is 26.3 Å². The van der Waals surface area contributed by atoms with Crippen molar-refractivity contribution >= 4 is 12.4 Å². The Labute approximate surface area is 87.0 Å². The summed E-state index contributed by atoms with van der Waals surface area (Å²) >= 11 is 0. The first-order chi connectivity index (χ1) is 5.67. The van der Waals surface area contributed by atoms with Crippen molar-refractivity contribution in [1.29, 1.82) is 0 Å². The molecular formula is C11H18ClN. The van der Waals surface area contributed by atoms with Crippen molar-refractivity contribution in [3.05, 3.63) is 35.9 Å². The van der Waals surface area contributed by atoms with E-state index in [1.165, 1.54) is 5.56 Å². The Bertz CT molecular complexity index is 231. The number of benzene rings is 1. The lowest BCUT2D eigenvalue weighted by atomic mass is 9.94. The second-order valence-electron chi connectivity index (χ2n) is 3.52. The van der Waals surface area contributed by atoms with Crippen molar-refractivity contribution in [2.75, 3.05) is 6.54 Å². The molecule has 1 N–H and O–H groups in total. The molecule has 0 heterocycles. The summed E-state index contributed by atoms with van der Waals surface area (Å²) in [6, 6.07) is 10.5. The average Bonchev–Trinajstić information content (AvgIpc) is 2.06. The molecule has 1 aromatic carbocycles. The van der Waals surface area contributed by atoms with Crippen LogP contribution in [-0.2, 0) is 5.54 Å². The second kappa shape index (κ2) is 5.25. The molecule has 0 amide bonds. The summed E-state index contributed by atoms with van der Waals surface area (Å²) in [5.74, 6) is 0. The minimum atomic E-state index is 0. The average molecular weight is 200 g/mol. The summed E-state index contributed by atoms with van der Waals surface area (Å²) in [5, 5.41) is 3.44. The van der Waals surface area contributed by atoms with E-state index in [1.807, 2.05) is 6.07 Å². The highest BCUT2D eigenvalue weighted by molar-refractivity contribution is 5.85. The van der Waals surface area contributed by atoms with Crippen LogP contribution in [-0.4, -0.2) is 6.54 Å². The summed E-state index contributed by atoms with van der Waals surface area (Å²) in [4.78, 5) is 0. The fraction of sp³-hybridized carbons (Fsp3) is 0.455. The third-order valence-electron chi connectivity index (χ3n) is 2.11.